The first-order valence-corrected chi connectivity index (χ1v) is 6.30. The predicted octanol–water partition coefficient (Wildman–Crippen LogP) is 3.07. The molecule has 0 aliphatic heterocycles. The number of benzene rings is 1. The fraction of sp³-hybridized carbons (Fsp3) is 0.154. The van der Waals surface area contributed by atoms with Gasteiger partial charge in [0.15, 0.2) is 5.75 Å². The maximum Gasteiger partial charge on any atom is 0.416 e. The molecule has 11 heteroatoms. The number of ether oxygens (including phenoxy) is 1. The lowest BCUT2D eigenvalue weighted by molar-refractivity contribution is -0.385. The van der Waals surface area contributed by atoms with Crippen LogP contribution in [0.2, 0.25) is 0 Å². The van der Waals surface area contributed by atoms with E-state index in [0.717, 1.165) is 31.5 Å². The van der Waals surface area contributed by atoms with Crippen LogP contribution in [0.25, 0.3) is 0 Å². The Labute approximate surface area is 132 Å². The van der Waals surface area contributed by atoms with Gasteiger partial charge in [0.2, 0.25) is 5.95 Å². The maximum atomic E-state index is 12.7. The molecule has 1 aromatic heterocycles. The molecular formula is C13H9F3N4O4. The molecule has 0 saturated heterocycles. The molecule has 24 heavy (non-hydrogen) atoms. The number of rotatable bonds is 4. The molecule has 0 saturated carbocycles. The molecule has 2 rings (SSSR count). The Bertz CT molecular complexity index is 778. The number of hydrogen-bond acceptors (Lipinski definition) is 7. The third-order valence-corrected chi connectivity index (χ3v) is 2.66. The van der Waals surface area contributed by atoms with E-state index in [1.54, 1.807) is 0 Å². The molecular weight excluding hydrogens is 333 g/mol. The molecule has 1 heterocycles. The number of carbonyl (C=O) groups excluding carboxylic acids is 1. The molecule has 0 atom stereocenters. The van der Waals surface area contributed by atoms with Crippen molar-refractivity contribution in [3.8, 4) is 5.75 Å². The highest BCUT2D eigenvalue weighted by atomic mass is 19.4. The minimum absolute atomic E-state index is 0.00736. The SMILES string of the molecule is CC(=O)Oc1cc(C(F)(F)F)ccc1Nc1ncc([N+](=O)[O-])cn1. The molecule has 1 N–H and O–H groups in total. The van der Waals surface area contributed by atoms with Crippen molar-refractivity contribution in [3.63, 3.8) is 0 Å². The Morgan fingerprint density at radius 1 is 1.29 bits per heavy atom. The molecule has 0 spiro atoms. The number of aromatic nitrogens is 2. The number of alkyl halides is 3. The molecule has 0 bridgehead atoms. The highest BCUT2D eigenvalue weighted by Crippen LogP contribution is 2.36. The van der Waals surface area contributed by atoms with Crippen molar-refractivity contribution in [3.05, 3.63) is 46.3 Å². The van der Waals surface area contributed by atoms with Crippen LogP contribution >= 0.6 is 0 Å². The van der Waals surface area contributed by atoms with Crippen LogP contribution in [0, 0.1) is 10.1 Å². The third kappa shape index (κ3) is 4.15. The van der Waals surface area contributed by atoms with Gasteiger partial charge in [0.1, 0.15) is 12.4 Å². The molecule has 0 aliphatic carbocycles. The van der Waals surface area contributed by atoms with E-state index in [1.165, 1.54) is 0 Å². The Morgan fingerprint density at radius 2 is 1.92 bits per heavy atom. The number of nitro groups is 1. The molecule has 0 fully saturated rings. The summed E-state index contributed by atoms with van der Waals surface area (Å²) in [4.78, 5) is 28.2. The quantitative estimate of drug-likeness (QED) is 0.394. The van der Waals surface area contributed by atoms with Gasteiger partial charge in [-0.3, -0.25) is 14.9 Å². The normalized spacial score (nSPS) is 11.0. The number of hydrogen-bond donors (Lipinski definition) is 1. The summed E-state index contributed by atoms with van der Waals surface area (Å²) in [5.74, 6) is -1.31. The van der Waals surface area contributed by atoms with Crippen molar-refractivity contribution in [2.75, 3.05) is 5.32 Å². The first-order chi connectivity index (χ1) is 11.2. The van der Waals surface area contributed by atoms with Gasteiger partial charge in [-0.05, 0) is 18.2 Å². The summed E-state index contributed by atoms with van der Waals surface area (Å²) in [5.41, 5.74) is -1.37. The van der Waals surface area contributed by atoms with Crippen LogP contribution in [0.1, 0.15) is 12.5 Å². The number of nitrogens with zero attached hydrogens (tertiary/aromatic N) is 3. The van der Waals surface area contributed by atoms with Gasteiger partial charge in [-0.25, -0.2) is 9.97 Å². The average molecular weight is 342 g/mol. The monoisotopic (exact) mass is 342 g/mol. The summed E-state index contributed by atoms with van der Waals surface area (Å²) in [5, 5.41) is 13.1. The maximum absolute atomic E-state index is 12.7. The van der Waals surface area contributed by atoms with E-state index >= 15 is 0 Å². The molecule has 126 valence electrons. The zero-order valence-electron chi connectivity index (χ0n) is 12.0. The summed E-state index contributed by atoms with van der Waals surface area (Å²) in [6.45, 7) is 1.03. The smallest absolute Gasteiger partial charge is 0.416 e. The van der Waals surface area contributed by atoms with E-state index in [9.17, 15) is 28.1 Å². The Hall–Kier alpha value is -3.24. The lowest BCUT2D eigenvalue weighted by Gasteiger charge is -2.13. The second-order valence-corrected chi connectivity index (χ2v) is 4.45. The van der Waals surface area contributed by atoms with E-state index in [2.05, 4.69) is 15.3 Å². The van der Waals surface area contributed by atoms with E-state index in [4.69, 9.17) is 4.74 Å². The number of esters is 1. The number of nitrogens with one attached hydrogen (secondary N) is 1. The third-order valence-electron chi connectivity index (χ3n) is 2.66. The van der Waals surface area contributed by atoms with Gasteiger partial charge < -0.3 is 10.1 Å². The zero-order chi connectivity index (χ0) is 17.9. The lowest BCUT2D eigenvalue weighted by Crippen LogP contribution is -2.09. The van der Waals surface area contributed by atoms with Gasteiger partial charge >= 0.3 is 17.8 Å². The number of anilines is 2. The van der Waals surface area contributed by atoms with E-state index in [0.29, 0.717) is 6.07 Å². The molecule has 0 radical (unpaired) electrons. The fourth-order valence-corrected chi connectivity index (χ4v) is 1.64. The highest BCUT2D eigenvalue weighted by Gasteiger charge is 2.31. The van der Waals surface area contributed by atoms with Crippen molar-refractivity contribution in [2.45, 2.75) is 13.1 Å². The Balaban J connectivity index is 2.34. The topological polar surface area (TPSA) is 107 Å². The molecule has 2 aromatic rings. The minimum atomic E-state index is -4.61. The minimum Gasteiger partial charge on any atom is -0.424 e. The largest absolute Gasteiger partial charge is 0.424 e. The molecule has 1 aromatic carbocycles. The number of halogens is 3. The van der Waals surface area contributed by atoms with Crippen molar-refractivity contribution in [1.29, 1.82) is 0 Å². The van der Waals surface area contributed by atoms with E-state index in [1.807, 2.05) is 0 Å². The first-order valence-electron chi connectivity index (χ1n) is 6.30. The van der Waals surface area contributed by atoms with Crippen LogP contribution in [-0.4, -0.2) is 20.9 Å². The van der Waals surface area contributed by atoms with Gasteiger partial charge in [-0.1, -0.05) is 0 Å². The van der Waals surface area contributed by atoms with Crippen molar-refractivity contribution in [2.24, 2.45) is 0 Å². The first kappa shape index (κ1) is 17.1. The summed E-state index contributed by atoms with van der Waals surface area (Å²) in [7, 11) is 0. The van der Waals surface area contributed by atoms with Gasteiger partial charge in [0.25, 0.3) is 0 Å². The van der Waals surface area contributed by atoms with Crippen LogP contribution in [0.3, 0.4) is 0 Å². The highest BCUT2D eigenvalue weighted by molar-refractivity contribution is 5.74. The molecule has 0 amide bonds. The lowest BCUT2D eigenvalue weighted by atomic mass is 10.2. The van der Waals surface area contributed by atoms with Crippen molar-refractivity contribution >= 4 is 23.3 Å². The molecule has 0 unspecified atom stereocenters. The van der Waals surface area contributed by atoms with Gasteiger partial charge in [0.05, 0.1) is 16.2 Å². The Morgan fingerprint density at radius 3 is 2.42 bits per heavy atom. The predicted molar refractivity (Wildman–Crippen MR) is 74.7 cm³/mol. The van der Waals surface area contributed by atoms with E-state index in [-0.39, 0.29) is 23.1 Å². The van der Waals surface area contributed by atoms with E-state index < -0.39 is 22.6 Å². The second-order valence-electron chi connectivity index (χ2n) is 4.45. The standard InChI is InChI=1S/C13H9F3N4O4/c1-7(21)24-11-4-8(13(14,15)16)2-3-10(11)19-12-17-5-9(6-18-12)20(22)23/h2-6H,1H3,(H,17,18,19). The van der Waals surface area contributed by atoms with Gasteiger partial charge in [0, 0.05) is 6.92 Å². The molecule has 8 nitrogen and oxygen atoms in total. The fourth-order valence-electron chi connectivity index (χ4n) is 1.64. The number of carbonyl (C=O) groups is 1. The van der Waals surface area contributed by atoms with Crippen molar-refractivity contribution < 1.29 is 27.6 Å². The van der Waals surface area contributed by atoms with Crippen LogP contribution in [0.5, 0.6) is 5.75 Å². The summed E-state index contributed by atoms with van der Waals surface area (Å²) < 4.78 is 43.0. The van der Waals surface area contributed by atoms with Crippen LogP contribution in [0.15, 0.2) is 30.6 Å². The zero-order valence-corrected chi connectivity index (χ0v) is 12.0. The Kier molecular flexibility index (Phi) is 4.62. The summed E-state index contributed by atoms with van der Waals surface area (Å²) in [6, 6.07) is 2.46. The van der Waals surface area contributed by atoms with Crippen LogP contribution in [-0.2, 0) is 11.0 Å². The molecule has 0 aliphatic rings. The summed E-state index contributed by atoms with van der Waals surface area (Å²) in [6.07, 6.45) is -2.77. The second kappa shape index (κ2) is 6.48. The van der Waals surface area contributed by atoms with Gasteiger partial charge in [-0.2, -0.15) is 13.2 Å². The summed E-state index contributed by atoms with van der Waals surface area (Å²) >= 11 is 0. The van der Waals surface area contributed by atoms with Crippen LogP contribution < -0.4 is 10.1 Å². The average Bonchev–Trinajstić information content (AvgIpc) is 2.48. The van der Waals surface area contributed by atoms with Crippen molar-refractivity contribution in [1.82, 2.24) is 9.97 Å². The van der Waals surface area contributed by atoms with Crippen LogP contribution in [0.4, 0.5) is 30.5 Å². The van der Waals surface area contributed by atoms with Gasteiger partial charge in [-0.15, -0.1) is 0 Å².